The Morgan fingerprint density at radius 2 is 1.79 bits per heavy atom. The van der Waals surface area contributed by atoms with Crippen LogP contribution in [0.4, 0.5) is 0 Å². The van der Waals surface area contributed by atoms with E-state index in [4.69, 9.17) is 13.9 Å². The zero-order valence-electron chi connectivity index (χ0n) is 15.2. The van der Waals surface area contributed by atoms with Crippen molar-refractivity contribution >= 4 is 11.0 Å². The normalized spacial score (nSPS) is 10.8. The Labute approximate surface area is 161 Å². The molecule has 140 valence electrons. The van der Waals surface area contributed by atoms with Crippen LogP contribution in [0, 0.1) is 0 Å². The molecule has 0 radical (unpaired) electrons. The molecule has 0 fully saturated rings. The summed E-state index contributed by atoms with van der Waals surface area (Å²) in [6.45, 7) is 0.200. The number of aromatic hydroxyl groups is 1. The van der Waals surface area contributed by atoms with Crippen molar-refractivity contribution in [1.29, 1.82) is 0 Å². The summed E-state index contributed by atoms with van der Waals surface area (Å²) >= 11 is 0. The molecular formula is C23H18O5. The van der Waals surface area contributed by atoms with Crippen LogP contribution in [0.25, 0.3) is 22.3 Å². The molecule has 1 heterocycles. The van der Waals surface area contributed by atoms with Gasteiger partial charge in [-0.15, -0.1) is 0 Å². The summed E-state index contributed by atoms with van der Waals surface area (Å²) in [6.07, 6.45) is 0. The van der Waals surface area contributed by atoms with Gasteiger partial charge in [0.15, 0.2) is 16.9 Å². The number of fused-ring (bicyclic) bond motifs is 1. The third-order valence-corrected chi connectivity index (χ3v) is 4.43. The van der Waals surface area contributed by atoms with E-state index < -0.39 is 0 Å². The van der Waals surface area contributed by atoms with Crippen LogP contribution >= 0.6 is 0 Å². The molecule has 4 aromatic rings. The number of phenolic OH excluding ortho intramolecular Hbond substituents is 1. The maximum absolute atomic E-state index is 12.4. The molecule has 28 heavy (non-hydrogen) atoms. The maximum Gasteiger partial charge on any atom is 0.193 e. The fourth-order valence-corrected chi connectivity index (χ4v) is 3.05. The lowest BCUT2D eigenvalue weighted by Gasteiger charge is -2.12. The Morgan fingerprint density at radius 3 is 2.57 bits per heavy atom. The number of rotatable bonds is 5. The molecule has 0 unspecified atom stereocenters. The highest BCUT2D eigenvalue weighted by molar-refractivity contribution is 5.80. The average molecular weight is 374 g/mol. The molecule has 5 heteroatoms. The van der Waals surface area contributed by atoms with Crippen molar-refractivity contribution in [1.82, 2.24) is 0 Å². The fraction of sp³-hybridized carbons (Fsp3) is 0.0870. The first kappa shape index (κ1) is 17.7. The molecule has 0 amide bonds. The molecule has 0 saturated heterocycles. The lowest BCUT2D eigenvalue weighted by molar-refractivity contribution is 0.292. The predicted molar refractivity (Wildman–Crippen MR) is 107 cm³/mol. The first-order chi connectivity index (χ1) is 13.7. The Morgan fingerprint density at radius 1 is 0.964 bits per heavy atom. The summed E-state index contributed by atoms with van der Waals surface area (Å²) in [6, 6.07) is 21.1. The molecule has 0 atom stereocenters. The van der Waals surface area contributed by atoms with Crippen molar-refractivity contribution in [3.8, 4) is 28.6 Å². The van der Waals surface area contributed by atoms with Gasteiger partial charge in [0.05, 0.1) is 12.5 Å². The van der Waals surface area contributed by atoms with E-state index in [1.165, 1.54) is 13.2 Å². The van der Waals surface area contributed by atoms with Crippen LogP contribution in [-0.4, -0.2) is 12.2 Å². The fourth-order valence-electron chi connectivity index (χ4n) is 3.05. The van der Waals surface area contributed by atoms with Crippen LogP contribution in [0.1, 0.15) is 5.56 Å². The molecule has 0 aliphatic carbocycles. The minimum atomic E-state index is -0.110. The predicted octanol–water partition coefficient (Wildman–Crippen LogP) is 4.75. The van der Waals surface area contributed by atoms with Crippen LogP contribution in [0.5, 0.6) is 17.2 Å². The molecule has 0 aliphatic rings. The maximum atomic E-state index is 12.4. The van der Waals surface area contributed by atoms with E-state index in [0.717, 1.165) is 5.56 Å². The molecule has 0 saturated carbocycles. The van der Waals surface area contributed by atoms with E-state index in [9.17, 15) is 9.90 Å². The SMILES string of the molecule is COc1c(O)cccc1COc1ccc2c(=O)cc(-c3ccccc3)oc2c1. The van der Waals surface area contributed by atoms with Gasteiger partial charge in [0, 0.05) is 23.3 Å². The minimum absolute atomic E-state index is 0.0561. The largest absolute Gasteiger partial charge is 0.504 e. The highest BCUT2D eigenvalue weighted by Gasteiger charge is 2.11. The second-order valence-electron chi connectivity index (χ2n) is 6.26. The quantitative estimate of drug-likeness (QED) is 0.546. The number of ether oxygens (including phenoxy) is 2. The standard InChI is InChI=1S/C23H18O5/c1-26-23-16(8-5-9-19(23)24)14-27-17-10-11-18-20(25)13-21(28-22(18)12-17)15-6-3-2-4-7-15/h2-13,24H,14H2,1H3. The Bertz CT molecular complexity index is 1180. The third-order valence-electron chi connectivity index (χ3n) is 4.43. The van der Waals surface area contributed by atoms with Gasteiger partial charge in [-0.25, -0.2) is 0 Å². The van der Waals surface area contributed by atoms with Gasteiger partial charge in [0.25, 0.3) is 0 Å². The number of methoxy groups -OCH3 is 1. The van der Waals surface area contributed by atoms with Crippen molar-refractivity contribution in [2.75, 3.05) is 7.11 Å². The Kier molecular flexibility index (Phi) is 4.72. The smallest absolute Gasteiger partial charge is 0.193 e. The van der Waals surface area contributed by atoms with E-state index in [2.05, 4.69) is 0 Å². The van der Waals surface area contributed by atoms with Crippen molar-refractivity contribution in [3.63, 3.8) is 0 Å². The summed E-state index contributed by atoms with van der Waals surface area (Å²) in [5.41, 5.74) is 1.88. The van der Waals surface area contributed by atoms with Gasteiger partial charge in [-0.2, -0.15) is 0 Å². The van der Waals surface area contributed by atoms with Crippen LogP contribution in [0.3, 0.4) is 0 Å². The summed E-state index contributed by atoms with van der Waals surface area (Å²) in [4.78, 5) is 12.4. The zero-order chi connectivity index (χ0) is 19.5. The lowest BCUT2D eigenvalue weighted by Crippen LogP contribution is -2.02. The van der Waals surface area contributed by atoms with E-state index in [0.29, 0.717) is 33.8 Å². The van der Waals surface area contributed by atoms with Crippen molar-refractivity contribution in [3.05, 3.63) is 88.6 Å². The molecule has 0 spiro atoms. The topological polar surface area (TPSA) is 68.9 Å². The number of benzene rings is 3. The lowest BCUT2D eigenvalue weighted by atomic mass is 10.1. The van der Waals surface area contributed by atoms with E-state index in [-0.39, 0.29) is 17.8 Å². The van der Waals surface area contributed by atoms with Crippen LogP contribution in [-0.2, 0) is 6.61 Å². The zero-order valence-corrected chi connectivity index (χ0v) is 15.2. The number of para-hydroxylation sites is 1. The van der Waals surface area contributed by atoms with Gasteiger partial charge in [-0.05, 0) is 18.2 Å². The number of phenols is 1. The molecule has 4 rings (SSSR count). The first-order valence-corrected chi connectivity index (χ1v) is 8.76. The summed E-state index contributed by atoms with van der Waals surface area (Å²) in [5, 5.41) is 10.4. The van der Waals surface area contributed by atoms with Gasteiger partial charge >= 0.3 is 0 Å². The highest BCUT2D eigenvalue weighted by Crippen LogP contribution is 2.31. The van der Waals surface area contributed by atoms with Gasteiger partial charge < -0.3 is 19.0 Å². The van der Waals surface area contributed by atoms with Gasteiger partial charge in [-0.1, -0.05) is 42.5 Å². The minimum Gasteiger partial charge on any atom is -0.504 e. The molecule has 1 N–H and O–H groups in total. The van der Waals surface area contributed by atoms with Crippen LogP contribution < -0.4 is 14.9 Å². The summed E-state index contributed by atoms with van der Waals surface area (Å²) in [5.74, 6) is 1.48. The van der Waals surface area contributed by atoms with Crippen molar-refractivity contribution in [2.24, 2.45) is 0 Å². The van der Waals surface area contributed by atoms with E-state index in [1.54, 1.807) is 30.3 Å². The Balaban J connectivity index is 1.66. The monoisotopic (exact) mass is 374 g/mol. The van der Waals surface area contributed by atoms with Crippen molar-refractivity contribution in [2.45, 2.75) is 6.61 Å². The second-order valence-corrected chi connectivity index (χ2v) is 6.26. The average Bonchev–Trinajstić information content (AvgIpc) is 2.72. The third kappa shape index (κ3) is 3.42. The Hall–Kier alpha value is -3.73. The van der Waals surface area contributed by atoms with E-state index in [1.807, 2.05) is 36.4 Å². The van der Waals surface area contributed by atoms with E-state index >= 15 is 0 Å². The first-order valence-electron chi connectivity index (χ1n) is 8.76. The van der Waals surface area contributed by atoms with Crippen LogP contribution in [0.2, 0.25) is 0 Å². The van der Waals surface area contributed by atoms with Crippen LogP contribution in [0.15, 0.2) is 82.0 Å². The number of hydrogen-bond acceptors (Lipinski definition) is 5. The molecule has 0 bridgehead atoms. The molecule has 5 nitrogen and oxygen atoms in total. The van der Waals surface area contributed by atoms with Gasteiger partial charge in [0.1, 0.15) is 23.7 Å². The highest BCUT2D eigenvalue weighted by atomic mass is 16.5. The molecular weight excluding hydrogens is 356 g/mol. The number of hydrogen-bond donors (Lipinski definition) is 1. The second kappa shape index (κ2) is 7.48. The van der Waals surface area contributed by atoms with Gasteiger partial charge in [-0.3, -0.25) is 4.79 Å². The van der Waals surface area contributed by atoms with Crippen molar-refractivity contribution < 1.29 is 19.0 Å². The summed E-state index contributed by atoms with van der Waals surface area (Å²) in [7, 11) is 1.49. The molecule has 0 aliphatic heterocycles. The molecule has 1 aromatic heterocycles. The molecule has 3 aromatic carbocycles. The van der Waals surface area contributed by atoms with Gasteiger partial charge in [0.2, 0.25) is 0 Å². The summed E-state index contributed by atoms with van der Waals surface area (Å²) < 4.78 is 17.0.